The number of aromatic nitrogens is 1. The van der Waals surface area contributed by atoms with E-state index in [0.717, 1.165) is 12.8 Å². The smallest absolute Gasteiger partial charge is 0.242 e. The van der Waals surface area contributed by atoms with Crippen LogP contribution in [0.3, 0.4) is 0 Å². The molecule has 2 atom stereocenters. The highest BCUT2D eigenvalue weighted by Gasteiger charge is 2.28. The SMILES string of the molecule is CCC1OCCC1CNS(=O)(=O)c1ccc(N)nc1. The second-order valence-electron chi connectivity index (χ2n) is 4.64. The number of nitrogens with two attached hydrogens (primary N) is 1. The Labute approximate surface area is 113 Å². The van der Waals surface area contributed by atoms with Crippen molar-refractivity contribution in [2.75, 3.05) is 18.9 Å². The van der Waals surface area contributed by atoms with Gasteiger partial charge in [-0.2, -0.15) is 0 Å². The molecule has 2 heterocycles. The summed E-state index contributed by atoms with van der Waals surface area (Å²) in [7, 11) is -3.52. The molecule has 0 bridgehead atoms. The molecule has 1 aromatic heterocycles. The van der Waals surface area contributed by atoms with Crippen molar-refractivity contribution in [3.63, 3.8) is 0 Å². The van der Waals surface area contributed by atoms with Crippen LogP contribution in [0.2, 0.25) is 0 Å². The van der Waals surface area contributed by atoms with Crippen LogP contribution in [0.1, 0.15) is 19.8 Å². The van der Waals surface area contributed by atoms with Gasteiger partial charge in [-0.15, -0.1) is 0 Å². The molecule has 1 fully saturated rings. The van der Waals surface area contributed by atoms with Gasteiger partial charge in [-0.05, 0) is 25.0 Å². The lowest BCUT2D eigenvalue weighted by Crippen LogP contribution is -2.32. The Hall–Kier alpha value is -1.18. The van der Waals surface area contributed by atoms with Gasteiger partial charge in [0.15, 0.2) is 0 Å². The zero-order chi connectivity index (χ0) is 13.9. The average molecular weight is 285 g/mol. The topological polar surface area (TPSA) is 94.3 Å². The Morgan fingerprint density at radius 1 is 1.53 bits per heavy atom. The standard InChI is InChI=1S/C12H19N3O3S/c1-2-11-9(5-6-18-11)7-15-19(16,17)10-3-4-12(13)14-8-10/h3-4,8-9,11,15H,2,5-7H2,1H3,(H2,13,14). The molecule has 3 N–H and O–H groups in total. The average Bonchev–Trinajstić information content (AvgIpc) is 2.84. The van der Waals surface area contributed by atoms with Crippen molar-refractivity contribution >= 4 is 15.8 Å². The Kier molecular flexibility index (Phi) is 4.38. The van der Waals surface area contributed by atoms with Crippen LogP contribution in [0.15, 0.2) is 23.2 Å². The fourth-order valence-electron chi connectivity index (χ4n) is 2.23. The summed E-state index contributed by atoms with van der Waals surface area (Å²) in [6.45, 7) is 3.14. The molecule has 1 aliphatic heterocycles. The highest BCUT2D eigenvalue weighted by molar-refractivity contribution is 7.89. The molecule has 0 aromatic carbocycles. The molecule has 0 amide bonds. The number of nitrogens with zero attached hydrogens (tertiary/aromatic N) is 1. The van der Waals surface area contributed by atoms with Gasteiger partial charge in [0.1, 0.15) is 10.7 Å². The number of anilines is 1. The highest BCUT2D eigenvalue weighted by atomic mass is 32.2. The molecular weight excluding hydrogens is 266 g/mol. The summed E-state index contributed by atoms with van der Waals surface area (Å²) in [6.07, 6.45) is 3.20. The summed E-state index contributed by atoms with van der Waals surface area (Å²) in [4.78, 5) is 3.92. The van der Waals surface area contributed by atoms with Crippen LogP contribution in [-0.2, 0) is 14.8 Å². The number of ether oxygens (including phenoxy) is 1. The van der Waals surface area contributed by atoms with Crippen molar-refractivity contribution in [1.82, 2.24) is 9.71 Å². The summed E-state index contributed by atoms with van der Waals surface area (Å²) in [6, 6.07) is 2.93. The number of nitrogens with one attached hydrogen (secondary N) is 1. The lowest BCUT2D eigenvalue weighted by Gasteiger charge is -2.17. The van der Waals surface area contributed by atoms with Crippen molar-refractivity contribution in [2.45, 2.75) is 30.8 Å². The van der Waals surface area contributed by atoms with Gasteiger partial charge in [0.25, 0.3) is 0 Å². The Balaban J connectivity index is 2.00. The summed E-state index contributed by atoms with van der Waals surface area (Å²) < 4.78 is 32.3. The van der Waals surface area contributed by atoms with Gasteiger partial charge in [0.2, 0.25) is 10.0 Å². The largest absolute Gasteiger partial charge is 0.384 e. The first-order valence-corrected chi connectivity index (χ1v) is 7.84. The summed E-state index contributed by atoms with van der Waals surface area (Å²) >= 11 is 0. The van der Waals surface area contributed by atoms with Gasteiger partial charge >= 0.3 is 0 Å². The fourth-order valence-corrected chi connectivity index (χ4v) is 3.27. The van der Waals surface area contributed by atoms with E-state index in [4.69, 9.17) is 10.5 Å². The molecule has 1 aliphatic rings. The molecule has 7 heteroatoms. The molecule has 0 saturated carbocycles. The fraction of sp³-hybridized carbons (Fsp3) is 0.583. The normalized spacial score (nSPS) is 23.6. The minimum absolute atomic E-state index is 0.133. The number of sulfonamides is 1. The summed E-state index contributed by atoms with van der Waals surface area (Å²) in [5.74, 6) is 0.538. The van der Waals surface area contributed by atoms with Gasteiger partial charge in [0.05, 0.1) is 6.10 Å². The number of hydrogen-bond donors (Lipinski definition) is 2. The second kappa shape index (κ2) is 5.85. The van der Waals surface area contributed by atoms with E-state index in [1.807, 2.05) is 6.92 Å². The molecule has 6 nitrogen and oxygen atoms in total. The monoisotopic (exact) mass is 285 g/mol. The van der Waals surface area contributed by atoms with E-state index < -0.39 is 10.0 Å². The quantitative estimate of drug-likeness (QED) is 0.833. The first-order valence-electron chi connectivity index (χ1n) is 6.35. The third-order valence-corrected chi connectivity index (χ3v) is 4.76. The maximum absolute atomic E-state index is 12.1. The van der Waals surface area contributed by atoms with Crippen LogP contribution in [0.25, 0.3) is 0 Å². The van der Waals surface area contributed by atoms with Crippen molar-refractivity contribution < 1.29 is 13.2 Å². The molecule has 2 rings (SSSR count). The van der Waals surface area contributed by atoms with Crippen LogP contribution < -0.4 is 10.5 Å². The lowest BCUT2D eigenvalue weighted by molar-refractivity contribution is 0.0884. The van der Waals surface area contributed by atoms with Gasteiger partial charge in [-0.1, -0.05) is 6.92 Å². The van der Waals surface area contributed by atoms with Crippen molar-refractivity contribution in [2.24, 2.45) is 5.92 Å². The van der Waals surface area contributed by atoms with E-state index in [1.165, 1.54) is 18.3 Å². The minimum atomic E-state index is -3.52. The maximum Gasteiger partial charge on any atom is 0.242 e. The van der Waals surface area contributed by atoms with Crippen LogP contribution in [0.4, 0.5) is 5.82 Å². The van der Waals surface area contributed by atoms with E-state index in [0.29, 0.717) is 19.0 Å². The van der Waals surface area contributed by atoms with E-state index in [2.05, 4.69) is 9.71 Å². The zero-order valence-electron chi connectivity index (χ0n) is 10.9. The minimum Gasteiger partial charge on any atom is -0.384 e. The van der Waals surface area contributed by atoms with Gasteiger partial charge < -0.3 is 10.5 Å². The van der Waals surface area contributed by atoms with Crippen LogP contribution >= 0.6 is 0 Å². The Morgan fingerprint density at radius 3 is 2.95 bits per heavy atom. The predicted octanol–water partition coefficient (Wildman–Crippen LogP) is 0.757. The molecule has 106 valence electrons. The maximum atomic E-state index is 12.1. The molecular formula is C12H19N3O3S. The van der Waals surface area contributed by atoms with Crippen molar-refractivity contribution in [3.8, 4) is 0 Å². The first kappa shape index (κ1) is 14.2. The second-order valence-corrected chi connectivity index (χ2v) is 6.40. The predicted molar refractivity (Wildman–Crippen MR) is 72.0 cm³/mol. The molecule has 1 aromatic rings. The van der Waals surface area contributed by atoms with Gasteiger partial charge in [0, 0.05) is 25.3 Å². The first-order chi connectivity index (χ1) is 9.03. The highest BCUT2D eigenvalue weighted by Crippen LogP contribution is 2.23. The third kappa shape index (κ3) is 3.43. The van der Waals surface area contributed by atoms with E-state index in [-0.39, 0.29) is 16.9 Å². The van der Waals surface area contributed by atoms with Gasteiger partial charge in [-0.3, -0.25) is 0 Å². The zero-order valence-corrected chi connectivity index (χ0v) is 11.7. The Bertz CT molecular complexity index is 516. The molecule has 0 spiro atoms. The third-order valence-electron chi connectivity index (χ3n) is 3.35. The number of rotatable bonds is 5. The van der Waals surface area contributed by atoms with Crippen LogP contribution in [0, 0.1) is 5.92 Å². The number of pyridine rings is 1. The van der Waals surface area contributed by atoms with E-state index in [1.54, 1.807) is 0 Å². The van der Waals surface area contributed by atoms with Gasteiger partial charge in [-0.25, -0.2) is 18.1 Å². The Morgan fingerprint density at radius 2 is 2.32 bits per heavy atom. The van der Waals surface area contributed by atoms with Crippen LogP contribution in [-0.4, -0.2) is 32.7 Å². The summed E-state index contributed by atoms with van der Waals surface area (Å²) in [5.41, 5.74) is 5.44. The molecule has 19 heavy (non-hydrogen) atoms. The summed E-state index contributed by atoms with van der Waals surface area (Å²) in [5, 5.41) is 0. The molecule has 0 radical (unpaired) electrons. The van der Waals surface area contributed by atoms with E-state index in [9.17, 15) is 8.42 Å². The molecule has 2 unspecified atom stereocenters. The lowest BCUT2D eigenvalue weighted by atomic mass is 10.0. The molecule has 1 saturated heterocycles. The molecule has 0 aliphatic carbocycles. The van der Waals surface area contributed by atoms with Crippen LogP contribution in [0.5, 0.6) is 0 Å². The number of nitrogen functional groups attached to an aromatic ring is 1. The van der Waals surface area contributed by atoms with Crippen molar-refractivity contribution in [3.05, 3.63) is 18.3 Å². The number of hydrogen-bond acceptors (Lipinski definition) is 5. The van der Waals surface area contributed by atoms with E-state index >= 15 is 0 Å². The van der Waals surface area contributed by atoms with Crippen molar-refractivity contribution in [1.29, 1.82) is 0 Å².